The summed E-state index contributed by atoms with van der Waals surface area (Å²) in [7, 11) is 0. The van der Waals surface area contributed by atoms with Gasteiger partial charge in [-0.2, -0.15) is 0 Å². The van der Waals surface area contributed by atoms with E-state index in [0.717, 1.165) is 42.5 Å². The fraction of sp³-hybridized carbons (Fsp3) is 0.465. The number of aromatic amines is 1. The quantitative estimate of drug-likeness (QED) is 0.0702. The molecular weight excluding hydrogens is 654 g/mol. The normalized spacial score (nSPS) is 20.8. The van der Waals surface area contributed by atoms with Gasteiger partial charge in [0, 0.05) is 36.3 Å². The molecule has 5 rings (SSSR count). The van der Waals surface area contributed by atoms with Gasteiger partial charge in [0.2, 0.25) is 0 Å². The molecule has 0 fully saturated rings. The van der Waals surface area contributed by atoms with Gasteiger partial charge in [-0.1, -0.05) is 62.1 Å². The number of anilines is 1. The standard InChI is InChI=1S/C43H55N3O6/c1-29(23-30-9-3-2-4-10-30)32-11-5-6-15-37(48)36(14-7-12-32)38(49)18-16-31-17-19-39(50)41(24-31)52-42(40(51)28-47)26-34(25-35-13-8-21-45-35)33-20-22-46-43(44)27-33/h2-4,8-10,13,17,19-22,24,27,29,32,34,36-38,40,42,45,47-51H,5-6,11,14-16,18,23,25-26,28H2,1H3,(H2,44,46)/t29-,32+,34+,36+,37+,38-,40-,42-/m1/s1. The van der Waals surface area contributed by atoms with E-state index in [4.69, 9.17) is 10.5 Å². The van der Waals surface area contributed by atoms with E-state index < -0.39 is 31.0 Å². The number of aromatic nitrogens is 2. The summed E-state index contributed by atoms with van der Waals surface area (Å²) in [6.07, 6.45) is 6.71. The highest BCUT2D eigenvalue weighted by Crippen LogP contribution is 2.34. The van der Waals surface area contributed by atoms with Crippen molar-refractivity contribution >= 4 is 5.82 Å². The van der Waals surface area contributed by atoms with Gasteiger partial charge in [-0.25, -0.2) is 4.98 Å². The smallest absolute Gasteiger partial charge is 0.161 e. The molecule has 8 atom stereocenters. The number of rotatable bonds is 16. The van der Waals surface area contributed by atoms with Crippen LogP contribution in [0.15, 0.2) is 85.2 Å². The molecule has 0 radical (unpaired) electrons. The predicted octanol–water partition coefficient (Wildman–Crippen LogP) is 5.95. The minimum absolute atomic E-state index is 0.0948. The molecule has 8 N–H and O–H groups in total. The van der Waals surface area contributed by atoms with E-state index in [9.17, 15) is 25.5 Å². The van der Waals surface area contributed by atoms with Crippen molar-refractivity contribution in [3.63, 3.8) is 0 Å². The SMILES string of the molecule is C[C@H](Cc1ccccc1)[C@@H]1C#CC[C@H]([C@H](O)CCc2ccc(O)c(O[C@H](C[C@H](Cc3ccc[nH]3)c3ccnc(N)c3)[C@H](O)CO)c2)[C@@H](O)CCCC1. The van der Waals surface area contributed by atoms with E-state index in [1.165, 1.54) is 5.56 Å². The zero-order valence-corrected chi connectivity index (χ0v) is 30.1. The predicted molar refractivity (Wildman–Crippen MR) is 204 cm³/mol. The maximum absolute atomic E-state index is 11.4. The van der Waals surface area contributed by atoms with Gasteiger partial charge in [0.05, 0.1) is 18.8 Å². The fourth-order valence-electron chi connectivity index (χ4n) is 7.39. The summed E-state index contributed by atoms with van der Waals surface area (Å²) in [6, 6.07) is 23.1. The number of nitrogens with one attached hydrogen (secondary N) is 1. The lowest BCUT2D eigenvalue weighted by atomic mass is 9.82. The number of aliphatic hydroxyl groups excluding tert-OH is 4. The Morgan fingerprint density at radius 3 is 2.54 bits per heavy atom. The third-order valence-corrected chi connectivity index (χ3v) is 10.5. The van der Waals surface area contributed by atoms with E-state index in [1.807, 2.05) is 30.5 Å². The molecule has 0 aliphatic heterocycles. The summed E-state index contributed by atoms with van der Waals surface area (Å²) in [4.78, 5) is 7.35. The van der Waals surface area contributed by atoms with Gasteiger partial charge >= 0.3 is 0 Å². The summed E-state index contributed by atoms with van der Waals surface area (Å²) in [5.74, 6) is 7.48. The third-order valence-electron chi connectivity index (χ3n) is 10.5. The first-order valence-corrected chi connectivity index (χ1v) is 18.7. The monoisotopic (exact) mass is 709 g/mol. The molecule has 0 unspecified atom stereocenters. The maximum atomic E-state index is 11.4. The third kappa shape index (κ3) is 11.3. The minimum Gasteiger partial charge on any atom is -0.504 e. The van der Waals surface area contributed by atoms with Crippen molar-refractivity contribution in [2.45, 2.75) is 101 Å². The number of phenolic OH excluding ortho intramolecular Hbond substituents is 1. The molecule has 9 nitrogen and oxygen atoms in total. The van der Waals surface area contributed by atoms with Crippen LogP contribution in [-0.2, 0) is 19.3 Å². The van der Waals surface area contributed by atoms with E-state index in [0.29, 0.717) is 50.3 Å². The zero-order valence-electron chi connectivity index (χ0n) is 30.1. The lowest BCUT2D eigenvalue weighted by Crippen LogP contribution is -2.36. The number of pyridine rings is 1. The summed E-state index contributed by atoms with van der Waals surface area (Å²) < 4.78 is 6.27. The first kappa shape index (κ1) is 38.9. The number of nitrogens with two attached hydrogens (primary N) is 1. The number of nitrogens with zero attached hydrogens (tertiary/aromatic N) is 1. The van der Waals surface area contributed by atoms with Crippen LogP contribution in [0, 0.1) is 29.6 Å². The summed E-state index contributed by atoms with van der Waals surface area (Å²) in [6.45, 7) is 1.74. The van der Waals surface area contributed by atoms with Crippen LogP contribution < -0.4 is 10.5 Å². The van der Waals surface area contributed by atoms with Crippen molar-refractivity contribution in [2.24, 2.45) is 17.8 Å². The topological polar surface area (TPSA) is 165 Å². The molecule has 2 heterocycles. The Morgan fingerprint density at radius 2 is 1.79 bits per heavy atom. The largest absolute Gasteiger partial charge is 0.504 e. The van der Waals surface area contributed by atoms with Gasteiger partial charge in [0.1, 0.15) is 18.0 Å². The van der Waals surface area contributed by atoms with Crippen LogP contribution in [0.3, 0.4) is 0 Å². The summed E-state index contributed by atoms with van der Waals surface area (Å²) >= 11 is 0. The molecule has 52 heavy (non-hydrogen) atoms. The number of phenols is 1. The van der Waals surface area contributed by atoms with E-state index in [-0.39, 0.29) is 29.3 Å². The van der Waals surface area contributed by atoms with Crippen LogP contribution in [-0.4, -0.2) is 66.5 Å². The maximum Gasteiger partial charge on any atom is 0.161 e. The number of aliphatic hydroxyl groups is 4. The molecular formula is C43H55N3O6. The van der Waals surface area contributed by atoms with Gasteiger partial charge in [-0.3, -0.25) is 0 Å². The van der Waals surface area contributed by atoms with Crippen LogP contribution in [0.1, 0.15) is 80.2 Å². The second-order valence-electron chi connectivity index (χ2n) is 14.5. The van der Waals surface area contributed by atoms with E-state index in [2.05, 4.69) is 53.0 Å². The highest BCUT2D eigenvalue weighted by molar-refractivity contribution is 5.42. The minimum atomic E-state index is -1.22. The van der Waals surface area contributed by atoms with Crippen molar-refractivity contribution in [3.8, 4) is 23.3 Å². The Labute approximate surface area is 307 Å². The molecule has 0 saturated heterocycles. The van der Waals surface area contributed by atoms with E-state index >= 15 is 0 Å². The lowest BCUT2D eigenvalue weighted by molar-refractivity contribution is -0.00843. The van der Waals surface area contributed by atoms with Crippen LogP contribution in [0.5, 0.6) is 11.5 Å². The van der Waals surface area contributed by atoms with Crippen LogP contribution in [0.4, 0.5) is 5.82 Å². The molecule has 278 valence electrons. The van der Waals surface area contributed by atoms with Crippen LogP contribution in [0.25, 0.3) is 0 Å². The molecule has 0 saturated carbocycles. The van der Waals surface area contributed by atoms with Gasteiger partial charge in [-0.15, -0.1) is 5.92 Å². The summed E-state index contributed by atoms with van der Waals surface area (Å²) in [5, 5.41) is 54.1. The Bertz CT molecular complexity index is 1700. The van der Waals surface area contributed by atoms with Crippen molar-refractivity contribution in [2.75, 3.05) is 12.3 Å². The molecule has 1 aliphatic carbocycles. The number of benzene rings is 2. The van der Waals surface area contributed by atoms with Crippen LogP contribution >= 0.6 is 0 Å². The average Bonchev–Trinajstić information content (AvgIpc) is 3.67. The van der Waals surface area contributed by atoms with Crippen molar-refractivity contribution in [1.82, 2.24) is 9.97 Å². The highest BCUT2D eigenvalue weighted by Gasteiger charge is 2.29. The molecule has 0 bridgehead atoms. The Morgan fingerprint density at radius 1 is 0.981 bits per heavy atom. The number of ether oxygens (including phenoxy) is 1. The van der Waals surface area contributed by atoms with Crippen molar-refractivity contribution in [1.29, 1.82) is 0 Å². The molecule has 0 amide bonds. The Balaban J connectivity index is 1.25. The van der Waals surface area contributed by atoms with Gasteiger partial charge < -0.3 is 41.0 Å². The second-order valence-corrected chi connectivity index (χ2v) is 14.5. The fourth-order valence-corrected chi connectivity index (χ4v) is 7.39. The molecule has 2 aromatic heterocycles. The van der Waals surface area contributed by atoms with Crippen molar-refractivity contribution < 1.29 is 30.3 Å². The Kier molecular flexibility index (Phi) is 14.6. The number of H-pyrrole nitrogens is 1. The first-order valence-electron chi connectivity index (χ1n) is 18.7. The number of hydrogen-bond donors (Lipinski definition) is 7. The van der Waals surface area contributed by atoms with Gasteiger partial charge in [0.25, 0.3) is 0 Å². The Hall–Kier alpha value is -4.33. The van der Waals surface area contributed by atoms with E-state index in [1.54, 1.807) is 30.5 Å². The number of hydrogen-bond acceptors (Lipinski definition) is 8. The number of aromatic hydroxyl groups is 1. The van der Waals surface area contributed by atoms with Crippen LogP contribution in [0.2, 0.25) is 0 Å². The zero-order chi connectivity index (χ0) is 36.9. The second kappa shape index (κ2) is 19.5. The molecule has 1 aliphatic rings. The summed E-state index contributed by atoms with van der Waals surface area (Å²) in [5.41, 5.74) is 10.0. The molecule has 9 heteroatoms. The average molecular weight is 710 g/mol. The first-order chi connectivity index (χ1) is 25.2. The molecule has 2 aromatic carbocycles. The number of aryl methyl sites for hydroxylation is 1. The van der Waals surface area contributed by atoms with Gasteiger partial charge in [-0.05, 0) is 110 Å². The number of nitrogen functional groups attached to an aromatic ring is 1. The highest BCUT2D eigenvalue weighted by atomic mass is 16.5. The molecule has 0 spiro atoms. The van der Waals surface area contributed by atoms with Gasteiger partial charge in [0.15, 0.2) is 11.5 Å². The lowest BCUT2D eigenvalue weighted by Gasteiger charge is -2.28. The van der Waals surface area contributed by atoms with Crippen molar-refractivity contribution in [3.05, 3.63) is 108 Å². The molecule has 4 aromatic rings.